The Labute approximate surface area is 308 Å². The van der Waals surface area contributed by atoms with Gasteiger partial charge in [-0.05, 0) is 75.5 Å². The molecule has 3 aliphatic rings. The number of likely N-dealkylation sites (tertiary alicyclic amines) is 1. The summed E-state index contributed by atoms with van der Waals surface area (Å²) < 4.78 is 6.32. The average molecular weight is 720 g/mol. The van der Waals surface area contributed by atoms with E-state index in [4.69, 9.17) is 37.9 Å². The molecule has 0 aliphatic carbocycles. The van der Waals surface area contributed by atoms with E-state index >= 15 is 4.79 Å². The van der Waals surface area contributed by atoms with Crippen molar-refractivity contribution in [3.05, 3.63) is 93.2 Å². The summed E-state index contributed by atoms with van der Waals surface area (Å²) in [6.45, 7) is 22.1. The molecule has 8 nitrogen and oxygen atoms in total. The minimum atomic E-state index is -0.961. The van der Waals surface area contributed by atoms with Crippen LogP contribution in [-0.2, 0) is 16.5 Å². The number of aliphatic imine (C=N–C) groups is 1. The monoisotopic (exact) mass is 718 g/mol. The third-order valence-electron chi connectivity index (χ3n) is 11.2. The number of piperazine rings is 1. The number of likely N-dealkylation sites (N-methyl/N-ethyl adjacent to an activating group) is 1. The van der Waals surface area contributed by atoms with Gasteiger partial charge in [-0.15, -0.1) is 0 Å². The fraction of sp³-hybridized carbons (Fsp3) is 0.525. The van der Waals surface area contributed by atoms with Crippen LogP contribution in [0.5, 0.6) is 5.75 Å². The number of amidine groups is 1. The number of halogens is 2. The van der Waals surface area contributed by atoms with E-state index in [1.807, 2.05) is 77.5 Å². The van der Waals surface area contributed by atoms with Gasteiger partial charge in [0.2, 0.25) is 0 Å². The zero-order chi connectivity index (χ0) is 35.8. The first-order valence-corrected chi connectivity index (χ1v) is 18.9. The van der Waals surface area contributed by atoms with Crippen LogP contribution in [0.1, 0.15) is 83.7 Å². The summed E-state index contributed by atoms with van der Waals surface area (Å²) in [5, 5.41) is 1.27. The molecule has 0 saturated carbocycles. The van der Waals surface area contributed by atoms with Gasteiger partial charge < -0.3 is 14.5 Å². The highest BCUT2D eigenvalue weighted by Gasteiger charge is 2.60. The molecule has 2 fully saturated rings. The van der Waals surface area contributed by atoms with E-state index in [0.29, 0.717) is 52.9 Å². The van der Waals surface area contributed by atoms with Gasteiger partial charge in [-0.25, -0.2) is 4.79 Å². The summed E-state index contributed by atoms with van der Waals surface area (Å²) >= 11 is 12.9. The lowest BCUT2D eigenvalue weighted by molar-refractivity contribution is 0.0569. The van der Waals surface area contributed by atoms with Crippen LogP contribution in [0.4, 0.5) is 4.79 Å². The molecule has 6 rings (SSSR count). The second-order valence-electron chi connectivity index (χ2n) is 15.1. The largest absolute Gasteiger partial charge is 0.493 e. The van der Waals surface area contributed by atoms with Gasteiger partial charge in [-0.3, -0.25) is 19.8 Å². The highest BCUT2D eigenvalue weighted by molar-refractivity contribution is 6.30. The number of pyridine rings is 1. The maximum absolute atomic E-state index is 15.3. The second-order valence-corrected chi connectivity index (χ2v) is 16.0. The molecule has 2 saturated heterocycles. The minimum Gasteiger partial charge on any atom is -0.493 e. The van der Waals surface area contributed by atoms with Crippen LogP contribution >= 0.6 is 23.2 Å². The van der Waals surface area contributed by atoms with Gasteiger partial charge in [0.25, 0.3) is 0 Å². The molecule has 2 aromatic carbocycles. The second kappa shape index (κ2) is 14.5. The van der Waals surface area contributed by atoms with Crippen LogP contribution in [0.25, 0.3) is 0 Å². The minimum absolute atomic E-state index is 0.0736. The fourth-order valence-corrected chi connectivity index (χ4v) is 8.12. The van der Waals surface area contributed by atoms with Crippen molar-refractivity contribution < 1.29 is 9.53 Å². The van der Waals surface area contributed by atoms with Gasteiger partial charge in [0.05, 0.1) is 12.2 Å². The lowest BCUT2D eigenvalue weighted by atomic mass is 9.71. The Morgan fingerprint density at radius 2 is 1.46 bits per heavy atom. The smallest absolute Gasteiger partial charge is 0.326 e. The Kier molecular flexibility index (Phi) is 10.6. The van der Waals surface area contributed by atoms with Gasteiger partial charge >= 0.3 is 6.03 Å². The maximum atomic E-state index is 15.3. The van der Waals surface area contributed by atoms with E-state index in [2.05, 4.69) is 51.3 Å². The van der Waals surface area contributed by atoms with E-state index in [0.717, 1.165) is 62.4 Å². The molecule has 0 N–H and O–H groups in total. The molecule has 1 aromatic heterocycles. The number of carbonyl (C=O) groups is 1. The van der Waals surface area contributed by atoms with Crippen molar-refractivity contribution in [3.8, 4) is 5.75 Å². The van der Waals surface area contributed by atoms with E-state index in [1.165, 1.54) is 0 Å². The van der Waals surface area contributed by atoms with Crippen LogP contribution in [-0.4, -0.2) is 94.9 Å². The molecule has 2 amide bonds. The maximum Gasteiger partial charge on any atom is 0.326 e. The molecule has 2 atom stereocenters. The first kappa shape index (κ1) is 36.6. The zero-order valence-electron chi connectivity index (χ0n) is 30.7. The number of piperidine rings is 1. The van der Waals surface area contributed by atoms with Gasteiger partial charge in [-0.1, -0.05) is 75.2 Å². The Balaban J connectivity index is 1.46. The first-order chi connectivity index (χ1) is 23.8. The normalized spacial score (nSPS) is 24.1. The van der Waals surface area contributed by atoms with Gasteiger partial charge in [0.1, 0.15) is 22.7 Å². The number of rotatable bonds is 7. The van der Waals surface area contributed by atoms with Crippen molar-refractivity contribution in [2.75, 3.05) is 52.4 Å². The molecule has 3 aliphatic heterocycles. The lowest BCUT2D eigenvalue weighted by Crippen LogP contribution is -2.60. The van der Waals surface area contributed by atoms with Crippen LogP contribution in [0.3, 0.4) is 0 Å². The van der Waals surface area contributed by atoms with E-state index in [-0.39, 0.29) is 11.4 Å². The number of hydrogen-bond donors (Lipinski definition) is 0. The van der Waals surface area contributed by atoms with Gasteiger partial charge in [-0.2, -0.15) is 0 Å². The van der Waals surface area contributed by atoms with E-state index in [1.54, 1.807) is 0 Å². The quantitative estimate of drug-likeness (QED) is 0.247. The topological polar surface area (TPSA) is 64.5 Å². The van der Waals surface area contributed by atoms with Crippen molar-refractivity contribution in [2.24, 2.45) is 4.99 Å². The highest BCUT2D eigenvalue weighted by Crippen LogP contribution is 2.54. The molecule has 0 unspecified atom stereocenters. The van der Waals surface area contributed by atoms with E-state index < -0.39 is 11.1 Å². The lowest BCUT2D eigenvalue weighted by Gasteiger charge is -2.48. The standard InChI is InChI=1S/C40H52Cl2N6O2/c1-8-45-22-24-46(25-23-45)32-18-20-47(21-19-32)37(49)48-36(33-27-43-35(38(3,4)5)26-34(33)50-9-2)44-39(6,28-10-14-30(41)15-11-28)40(48,7)29-12-16-31(42)17-13-29/h10-17,26-27,32H,8-9,18-25H2,1-7H3/t39-,40+/m0/s1. The molecule has 4 heterocycles. The number of benzene rings is 2. The third-order valence-corrected chi connectivity index (χ3v) is 11.7. The van der Waals surface area contributed by atoms with Crippen molar-refractivity contribution in [2.45, 2.75) is 83.8 Å². The number of ether oxygens (including phenoxy) is 1. The van der Waals surface area contributed by atoms with Crippen LogP contribution in [0.15, 0.2) is 65.8 Å². The third kappa shape index (κ3) is 6.76. The number of hydrogen-bond acceptors (Lipinski definition) is 6. The predicted octanol–water partition coefficient (Wildman–Crippen LogP) is 8.20. The number of amides is 2. The van der Waals surface area contributed by atoms with Gasteiger partial charge in [0.15, 0.2) is 0 Å². The predicted molar refractivity (Wildman–Crippen MR) is 204 cm³/mol. The molecule has 0 spiro atoms. The first-order valence-electron chi connectivity index (χ1n) is 18.1. The van der Waals surface area contributed by atoms with Crippen molar-refractivity contribution in [1.82, 2.24) is 24.6 Å². The molecule has 3 aromatic rings. The Morgan fingerprint density at radius 1 is 0.880 bits per heavy atom. The SMILES string of the molecule is CCOc1cc(C(C)(C)C)ncc1C1=N[C@@](C)(c2ccc(Cl)cc2)[C@@](C)(c2ccc(Cl)cc2)N1C(=O)N1CCC(N2CCN(CC)CC2)CC1. The van der Waals surface area contributed by atoms with Crippen LogP contribution < -0.4 is 4.74 Å². The summed E-state index contributed by atoms with van der Waals surface area (Å²) in [5.74, 6) is 1.20. The molecule has 50 heavy (non-hydrogen) atoms. The highest BCUT2D eigenvalue weighted by atomic mass is 35.5. The van der Waals surface area contributed by atoms with Gasteiger partial charge in [0, 0.05) is 78.7 Å². The molecule has 10 heteroatoms. The number of nitrogens with zero attached hydrogens (tertiary/aromatic N) is 6. The molecule has 0 bridgehead atoms. The summed E-state index contributed by atoms with van der Waals surface area (Å²) in [6.07, 6.45) is 3.72. The Bertz CT molecular complexity index is 1690. The number of aromatic nitrogens is 1. The van der Waals surface area contributed by atoms with Crippen molar-refractivity contribution >= 4 is 35.1 Å². The van der Waals surface area contributed by atoms with Crippen LogP contribution in [0.2, 0.25) is 10.0 Å². The molecular weight excluding hydrogens is 667 g/mol. The molecular formula is C40H52Cl2N6O2. The van der Waals surface area contributed by atoms with Crippen molar-refractivity contribution in [3.63, 3.8) is 0 Å². The fourth-order valence-electron chi connectivity index (χ4n) is 7.87. The Morgan fingerprint density at radius 3 is 2.00 bits per heavy atom. The Hall–Kier alpha value is -3.17. The molecule has 0 radical (unpaired) electrons. The summed E-state index contributed by atoms with van der Waals surface area (Å²) in [4.78, 5) is 34.9. The number of carbonyl (C=O) groups excluding carboxylic acids is 1. The summed E-state index contributed by atoms with van der Waals surface area (Å²) in [5.41, 5.74) is 1.39. The zero-order valence-corrected chi connectivity index (χ0v) is 32.2. The number of urea groups is 1. The molecule has 268 valence electrons. The van der Waals surface area contributed by atoms with E-state index in [9.17, 15) is 0 Å². The summed E-state index contributed by atoms with van der Waals surface area (Å²) in [7, 11) is 0. The summed E-state index contributed by atoms with van der Waals surface area (Å²) in [6, 6.07) is 18.0. The van der Waals surface area contributed by atoms with Crippen molar-refractivity contribution in [1.29, 1.82) is 0 Å². The van der Waals surface area contributed by atoms with Crippen LogP contribution in [0, 0.1) is 0 Å². The average Bonchev–Trinajstić information content (AvgIpc) is 3.36.